The second-order valence-electron chi connectivity index (χ2n) is 8.99. The summed E-state index contributed by atoms with van der Waals surface area (Å²) in [7, 11) is 0. The lowest BCUT2D eigenvalue weighted by molar-refractivity contribution is 0.125. The van der Waals surface area contributed by atoms with E-state index in [0.29, 0.717) is 12.1 Å². The first-order chi connectivity index (χ1) is 15.4. The van der Waals surface area contributed by atoms with Crippen LogP contribution in [0.2, 0.25) is 0 Å². The minimum Gasteiger partial charge on any atom is -0.382 e. The third-order valence-corrected chi connectivity index (χ3v) is 7.13. The summed E-state index contributed by atoms with van der Waals surface area (Å²) in [6, 6.07) is 31.6. The maximum absolute atomic E-state index is 3.81. The molecule has 3 heteroatoms. The number of para-hydroxylation sites is 2. The van der Waals surface area contributed by atoms with E-state index in [1.165, 1.54) is 41.7 Å². The van der Waals surface area contributed by atoms with Gasteiger partial charge in [0.05, 0.1) is 6.04 Å². The van der Waals surface area contributed by atoms with Crippen LogP contribution in [0.5, 0.6) is 0 Å². The van der Waals surface area contributed by atoms with E-state index in [1.807, 2.05) is 0 Å². The first-order valence-corrected chi connectivity index (χ1v) is 11.6. The van der Waals surface area contributed by atoms with E-state index in [-0.39, 0.29) is 0 Å². The average Bonchev–Trinajstić information content (AvgIpc) is 3.14. The van der Waals surface area contributed by atoms with Gasteiger partial charge in [0.15, 0.2) is 0 Å². The van der Waals surface area contributed by atoms with Gasteiger partial charge < -0.3 is 9.88 Å². The molecule has 3 nitrogen and oxygen atoms in total. The Morgan fingerprint density at radius 3 is 2.39 bits per heavy atom. The van der Waals surface area contributed by atoms with Crippen molar-refractivity contribution in [2.24, 2.45) is 0 Å². The van der Waals surface area contributed by atoms with Crippen LogP contribution >= 0.6 is 0 Å². The predicted octanol–water partition coefficient (Wildman–Crippen LogP) is 5.86. The van der Waals surface area contributed by atoms with Crippen LogP contribution in [-0.2, 0) is 13.0 Å². The molecule has 31 heavy (non-hydrogen) atoms. The van der Waals surface area contributed by atoms with Crippen LogP contribution in [0, 0.1) is 0 Å². The van der Waals surface area contributed by atoms with Crippen LogP contribution in [0.1, 0.15) is 35.7 Å². The van der Waals surface area contributed by atoms with Crippen molar-refractivity contribution in [1.29, 1.82) is 0 Å². The van der Waals surface area contributed by atoms with E-state index < -0.39 is 0 Å². The summed E-state index contributed by atoms with van der Waals surface area (Å²) in [6.45, 7) is 3.29. The molecule has 0 spiro atoms. The van der Waals surface area contributed by atoms with Gasteiger partial charge in [-0.3, -0.25) is 4.90 Å². The number of nitrogens with one attached hydrogen (secondary N) is 1. The van der Waals surface area contributed by atoms with Gasteiger partial charge in [0.25, 0.3) is 0 Å². The Morgan fingerprint density at radius 1 is 0.806 bits per heavy atom. The molecule has 2 aliphatic rings. The molecule has 0 saturated carbocycles. The van der Waals surface area contributed by atoms with Gasteiger partial charge in [0.2, 0.25) is 0 Å². The maximum Gasteiger partial charge on any atom is 0.0523 e. The summed E-state index contributed by atoms with van der Waals surface area (Å²) < 4.78 is 2.61. The molecule has 2 unspecified atom stereocenters. The van der Waals surface area contributed by atoms with Crippen molar-refractivity contribution in [1.82, 2.24) is 9.47 Å². The Labute approximate surface area is 184 Å². The summed E-state index contributed by atoms with van der Waals surface area (Å²) >= 11 is 0. The van der Waals surface area contributed by atoms with Crippen LogP contribution in [-0.4, -0.2) is 28.6 Å². The molecule has 3 heterocycles. The van der Waals surface area contributed by atoms with Crippen LogP contribution < -0.4 is 5.32 Å². The van der Waals surface area contributed by atoms with Gasteiger partial charge in [-0.15, -0.1) is 0 Å². The summed E-state index contributed by atoms with van der Waals surface area (Å²) in [6.07, 6.45) is 3.53. The molecule has 1 fully saturated rings. The summed E-state index contributed by atoms with van der Waals surface area (Å²) in [5.41, 5.74) is 7.13. The molecule has 2 aliphatic heterocycles. The summed E-state index contributed by atoms with van der Waals surface area (Å²) in [4.78, 5) is 2.73. The predicted molar refractivity (Wildman–Crippen MR) is 129 cm³/mol. The largest absolute Gasteiger partial charge is 0.382 e. The molecule has 0 radical (unpaired) electrons. The fourth-order valence-corrected chi connectivity index (χ4v) is 5.70. The Balaban J connectivity index is 1.40. The van der Waals surface area contributed by atoms with Gasteiger partial charge in [-0.2, -0.15) is 0 Å². The molecule has 0 bridgehead atoms. The van der Waals surface area contributed by atoms with Gasteiger partial charge in [0.1, 0.15) is 0 Å². The first-order valence-electron chi connectivity index (χ1n) is 11.6. The molecule has 4 aromatic rings. The van der Waals surface area contributed by atoms with Crippen molar-refractivity contribution < 1.29 is 0 Å². The normalized spacial score (nSPS) is 20.9. The maximum atomic E-state index is 3.81. The van der Waals surface area contributed by atoms with E-state index in [0.717, 1.165) is 19.4 Å². The highest BCUT2D eigenvalue weighted by atomic mass is 15.2. The smallest absolute Gasteiger partial charge is 0.0523 e. The van der Waals surface area contributed by atoms with Crippen molar-refractivity contribution in [3.05, 3.63) is 102 Å². The van der Waals surface area contributed by atoms with Gasteiger partial charge in [0, 0.05) is 48.0 Å². The Kier molecular flexibility index (Phi) is 4.77. The second kappa shape index (κ2) is 7.90. The molecular formula is C28H29N3. The average molecular weight is 408 g/mol. The van der Waals surface area contributed by atoms with E-state index in [1.54, 1.807) is 11.3 Å². The molecule has 2 atom stereocenters. The number of aromatic nitrogens is 1. The first kappa shape index (κ1) is 18.7. The third kappa shape index (κ3) is 3.43. The van der Waals surface area contributed by atoms with Crippen LogP contribution in [0.4, 0.5) is 5.69 Å². The number of fused-ring (bicyclic) bond motifs is 5. The van der Waals surface area contributed by atoms with Gasteiger partial charge in [-0.1, -0.05) is 66.7 Å². The fourth-order valence-electron chi connectivity index (χ4n) is 5.70. The zero-order chi connectivity index (χ0) is 20.6. The molecular weight excluding hydrogens is 378 g/mol. The van der Waals surface area contributed by atoms with Crippen LogP contribution in [0.3, 0.4) is 0 Å². The zero-order valence-electron chi connectivity index (χ0n) is 17.9. The minimum atomic E-state index is 0.481. The standard InChI is InChI=1S/C28H29N3/c1-3-9-21(10-4-1)20-31-26-14-8-7-13-24(26)25-16-18-30-17-15-23(19-27(30)28(25)31)29-22-11-5-2-6-12-22/h1-14,23,27,29H,15-20H2. The molecule has 0 aliphatic carbocycles. The molecule has 3 aromatic carbocycles. The van der Waals surface area contributed by atoms with Crippen molar-refractivity contribution in [2.75, 3.05) is 18.4 Å². The summed E-state index contributed by atoms with van der Waals surface area (Å²) in [5, 5.41) is 5.26. The molecule has 6 rings (SSSR count). The highest BCUT2D eigenvalue weighted by Gasteiger charge is 2.37. The topological polar surface area (TPSA) is 20.2 Å². The van der Waals surface area contributed by atoms with Crippen molar-refractivity contribution >= 4 is 16.6 Å². The van der Waals surface area contributed by atoms with Crippen molar-refractivity contribution in [2.45, 2.75) is 37.9 Å². The van der Waals surface area contributed by atoms with Crippen LogP contribution in [0.15, 0.2) is 84.9 Å². The number of anilines is 1. The van der Waals surface area contributed by atoms with Gasteiger partial charge >= 0.3 is 0 Å². The number of rotatable bonds is 4. The highest BCUT2D eigenvalue weighted by Crippen LogP contribution is 2.42. The quantitative estimate of drug-likeness (QED) is 0.457. The lowest BCUT2D eigenvalue weighted by Gasteiger charge is -2.43. The number of hydrogen-bond acceptors (Lipinski definition) is 2. The molecule has 1 aromatic heterocycles. The SMILES string of the molecule is c1ccc(Cn2c3c(c4ccccc42)CCN2CCC(Nc4ccccc4)CC32)cc1. The second-order valence-corrected chi connectivity index (χ2v) is 8.99. The van der Waals surface area contributed by atoms with E-state index in [4.69, 9.17) is 0 Å². The highest BCUT2D eigenvalue weighted by molar-refractivity contribution is 5.86. The monoisotopic (exact) mass is 407 g/mol. The summed E-state index contributed by atoms with van der Waals surface area (Å²) in [5.74, 6) is 0. The van der Waals surface area contributed by atoms with Crippen molar-refractivity contribution in [3.63, 3.8) is 0 Å². The Morgan fingerprint density at radius 2 is 1.55 bits per heavy atom. The molecule has 1 N–H and O–H groups in total. The molecule has 156 valence electrons. The lowest BCUT2D eigenvalue weighted by atomic mass is 9.88. The number of hydrogen-bond donors (Lipinski definition) is 1. The minimum absolute atomic E-state index is 0.481. The third-order valence-electron chi connectivity index (χ3n) is 7.13. The Hall–Kier alpha value is -3.04. The molecule has 0 amide bonds. The Bertz CT molecular complexity index is 1180. The van der Waals surface area contributed by atoms with E-state index in [2.05, 4.69) is 99.7 Å². The van der Waals surface area contributed by atoms with Crippen molar-refractivity contribution in [3.8, 4) is 0 Å². The van der Waals surface area contributed by atoms with E-state index >= 15 is 0 Å². The number of nitrogens with zero attached hydrogens (tertiary/aromatic N) is 2. The lowest BCUT2D eigenvalue weighted by Crippen LogP contribution is -2.45. The van der Waals surface area contributed by atoms with Gasteiger partial charge in [-0.25, -0.2) is 0 Å². The van der Waals surface area contributed by atoms with Gasteiger partial charge in [-0.05, 0) is 48.6 Å². The fraction of sp³-hybridized carbons (Fsp3) is 0.286. The number of benzene rings is 3. The van der Waals surface area contributed by atoms with E-state index in [9.17, 15) is 0 Å². The molecule has 1 saturated heterocycles. The number of piperidine rings is 1. The van der Waals surface area contributed by atoms with Crippen LogP contribution in [0.25, 0.3) is 10.9 Å². The zero-order valence-corrected chi connectivity index (χ0v) is 17.9.